The second-order valence-electron chi connectivity index (χ2n) is 5.24. The van der Waals surface area contributed by atoms with Crippen molar-refractivity contribution >= 4 is 22.4 Å². The monoisotopic (exact) mass is 306 g/mol. The lowest BCUT2D eigenvalue weighted by Gasteiger charge is -2.16. The first-order valence-corrected chi connectivity index (χ1v) is 7.09. The van der Waals surface area contributed by atoms with E-state index in [-0.39, 0.29) is 22.8 Å². The van der Waals surface area contributed by atoms with Gasteiger partial charge < -0.3 is 15.3 Å². The number of nitro groups is 1. The highest BCUT2D eigenvalue weighted by atomic mass is 16.6. The number of H-pyrrole nitrogens is 1. The molecule has 1 heterocycles. The van der Waals surface area contributed by atoms with Gasteiger partial charge in [-0.05, 0) is 12.0 Å². The predicted octanol–water partition coefficient (Wildman–Crippen LogP) is 1.62. The van der Waals surface area contributed by atoms with Crippen LogP contribution in [0.2, 0.25) is 0 Å². The molecule has 0 saturated carbocycles. The highest BCUT2D eigenvalue weighted by Gasteiger charge is 2.17. The van der Waals surface area contributed by atoms with Gasteiger partial charge in [0.15, 0.2) is 0 Å². The normalized spacial score (nSPS) is 11.2. The fraction of sp³-hybridized carbons (Fsp3) is 0.429. The summed E-state index contributed by atoms with van der Waals surface area (Å²) in [4.78, 5) is 36.6. The molecule has 1 aromatic heterocycles. The van der Waals surface area contributed by atoms with Gasteiger partial charge in [-0.15, -0.1) is 0 Å². The van der Waals surface area contributed by atoms with Crippen molar-refractivity contribution in [2.45, 2.75) is 33.2 Å². The molecule has 0 aliphatic heterocycles. The molecule has 0 amide bonds. The summed E-state index contributed by atoms with van der Waals surface area (Å²) < 4.78 is 1.35. The fourth-order valence-electron chi connectivity index (χ4n) is 2.47. The van der Waals surface area contributed by atoms with Gasteiger partial charge >= 0.3 is 11.1 Å². The molecule has 0 fully saturated rings. The Kier molecular flexibility index (Phi) is 4.30. The molecule has 3 N–H and O–H groups in total. The molecular weight excluding hydrogens is 288 g/mol. The van der Waals surface area contributed by atoms with E-state index in [1.807, 2.05) is 13.8 Å². The fourth-order valence-corrected chi connectivity index (χ4v) is 2.47. The van der Waals surface area contributed by atoms with Crippen molar-refractivity contribution in [2.24, 2.45) is 5.92 Å². The van der Waals surface area contributed by atoms with E-state index in [4.69, 9.17) is 5.73 Å². The Hall–Kier alpha value is -2.64. The maximum Gasteiger partial charge on any atom is 0.316 e. The number of aromatic amines is 1. The van der Waals surface area contributed by atoms with E-state index in [0.717, 1.165) is 12.8 Å². The number of nitrogens with one attached hydrogen (secondary N) is 1. The van der Waals surface area contributed by atoms with Crippen LogP contribution in [-0.4, -0.2) is 14.5 Å². The Bertz CT molecular complexity index is 833. The Morgan fingerprint density at radius 3 is 2.50 bits per heavy atom. The van der Waals surface area contributed by atoms with Crippen molar-refractivity contribution in [3.8, 4) is 0 Å². The van der Waals surface area contributed by atoms with E-state index in [9.17, 15) is 19.7 Å². The number of anilines is 1. The van der Waals surface area contributed by atoms with E-state index >= 15 is 0 Å². The molecule has 1 aromatic carbocycles. The molecule has 0 saturated heterocycles. The van der Waals surface area contributed by atoms with E-state index in [2.05, 4.69) is 4.98 Å². The summed E-state index contributed by atoms with van der Waals surface area (Å²) in [6, 6.07) is 2.56. The minimum atomic E-state index is -0.794. The van der Waals surface area contributed by atoms with Gasteiger partial charge in [0, 0.05) is 12.6 Å². The van der Waals surface area contributed by atoms with Crippen LogP contribution in [0.25, 0.3) is 11.0 Å². The van der Waals surface area contributed by atoms with Gasteiger partial charge in [0.05, 0.1) is 16.0 Å². The summed E-state index contributed by atoms with van der Waals surface area (Å²) in [5.74, 6) is 0.235. The number of rotatable bonds is 5. The van der Waals surface area contributed by atoms with E-state index in [1.165, 1.54) is 16.7 Å². The number of benzene rings is 1. The number of hydrogen-bond acceptors (Lipinski definition) is 5. The smallest absolute Gasteiger partial charge is 0.316 e. The quantitative estimate of drug-likeness (QED) is 0.376. The maximum atomic E-state index is 12.1. The Balaban J connectivity index is 2.76. The molecule has 118 valence electrons. The van der Waals surface area contributed by atoms with Crippen LogP contribution in [0, 0.1) is 16.0 Å². The predicted molar refractivity (Wildman–Crippen MR) is 84.0 cm³/mol. The van der Waals surface area contributed by atoms with Gasteiger partial charge in [0.2, 0.25) is 0 Å². The minimum Gasteiger partial charge on any atom is -0.393 e. The molecule has 22 heavy (non-hydrogen) atoms. The first-order chi connectivity index (χ1) is 10.4. The molecule has 0 unspecified atom stereocenters. The summed E-state index contributed by atoms with van der Waals surface area (Å²) >= 11 is 0. The molecule has 0 aliphatic rings. The standard InChI is InChI=1S/C14H18N4O4/c1-3-8(4-2)7-17-12-5-9(15)11(18(21)22)6-10(12)16-13(19)14(17)20/h5-6,8H,3-4,7,15H2,1-2H3,(H,16,19). The third kappa shape index (κ3) is 2.72. The lowest BCUT2D eigenvalue weighted by Crippen LogP contribution is -2.37. The SMILES string of the molecule is CCC(CC)Cn1c(=O)c(=O)[nH]c2cc([N+](=O)[O-])c(N)cc21. The number of nitrogens with two attached hydrogens (primary N) is 1. The van der Waals surface area contributed by atoms with Crippen LogP contribution in [0.15, 0.2) is 21.7 Å². The zero-order chi connectivity index (χ0) is 16.4. The molecular formula is C14H18N4O4. The summed E-state index contributed by atoms with van der Waals surface area (Å²) in [6.07, 6.45) is 1.72. The van der Waals surface area contributed by atoms with Crippen LogP contribution < -0.4 is 16.9 Å². The number of nitro benzene ring substituents is 1. The molecule has 2 aromatic rings. The van der Waals surface area contributed by atoms with Crippen molar-refractivity contribution in [1.29, 1.82) is 0 Å². The van der Waals surface area contributed by atoms with Crippen molar-refractivity contribution in [3.05, 3.63) is 43.0 Å². The molecule has 2 rings (SSSR count). The molecule has 8 heteroatoms. The number of aromatic nitrogens is 2. The van der Waals surface area contributed by atoms with Crippen molar-refractivity contribution < 1.29 is 4.92 Å². The van der Waals surface area contributed by atoms with Gasteiger partial charge in [-0.1, -0.05) is 26.7 Å². The second kappa shape index (κ2) is 6.00. The topological polar surface area (TPSA) is 124 Å². The van der Waals surface area contributed by atoms with E-state index < -0.39 is 16.0 Å². The Labute approximate surface area is 125 Å². The zero-order valence-corrected chi connectivity index (χ0v) is 12.5. The lowest BCUT2D eigenvalue weighted by atomic mass is 10.0. The summed E-state index contributed by atoms with van der Waals surface area (Å²) in [7, 11) is 0. The average molecular weight is 306 g/mol. The first kappa shape index (κ1) is 15.7. The van der Waals surface area contributed by atoms with Crippen molar-refractivity contribution in [2.75, 3.05) is 5.73 Å². The molecule has 8 nitrogen and oxygen atoms in total. The van der Waals surface area contributed by atoms with Crippen LogP contribution in [-0.2, 0) is 6.54 Å². The van der Waals surface area contributed by atoms with Gasteiger partial charge in [0.25, 0.3) is 5.69 Å². The van der Waals surface area contributed by atoms with Crippen LogP contribution >= 0.6 is 0 Å². The number of nitrogen functional groups attached to an aromatic ring is 1. The molecule has 0 radical (unpaired) electrons. The molecule has 0 aliphatic carbocycles. The summed E-state index contributed by atoms with van der Waals surface area (Å²) in [6.45, 7) is 4.39. The summed E-state index contributed by atoms with van der Waals surface area (Å²) in [5.41, 5.74) is 4.52. The van der Waals surface area contributed by atoms with E-state index in [0.29, 0.717) is 12.1 Å². The summed E-state index contributed by atoms with van der Waals surface area (Å²) in [5, 5.41) is 10.9. The first-order valence-electron chi connectivity index (χ1n) is 7.09. The van der Waals surface area contributed by atoms with Gasteiger partial charge in [-0.3, -0.25) is 19.7 Å². The van der Waals surface area contributed by atoms with Crippen LogP contribution in [0.1, 0.15) is 26.7 Å². The average Bonchev–Trinajstić information content (AvgIpc) is 2.48. The maximum absolute atomic E-state index is 12.1. The zero-order valence-electron chi connectivity index (χ0n) is 12.5. The van der Waals surface area contributed by atoms with E-state index in [1.54, 1.807) is 0 Å². The number of hydrogen-bond donors (Lipinski definition) is 2. The second-order valence-corrected chi connectivity index (χ2v) is 5.24. The van der Waals surface area contributed by atoms with Crippen LogP contribution in [0.4, 0.5) is 11.4 Å². The molecule has 0 spiro atoms. The third-order valence-corrected chi connectivity index (χ3v) is 3.92. The van der Waals surface area contributed by atoms with Gasteiger partial charge in [-0.2, -0.15) is 0 Å². The van der Waals surface area contributed by atoms with Crippen molar-refractivity contribution in [3.63, 3.8) is 0 Å². The van der Waals surface area contributed by atoms with Gasteiger partial charge in [-0.25, -0.2) is 0 Å². The highest BCUT2D eigenvalue weighted by molar-refractivity contribution is 5.83. The Morgan fingerprint density at radius 1 is 1.32 bits per heavy atom. The van der Waals surface area contributed by atoms with Crippen LogP contribution in [0.3, 0.4) is 0 Å². The third-order valence-electron chi connectivity index (χ3n) is 3.92. The molecule has 0 atom stereocenters. The van der Waals surface area contributed by atoms with Crippen molar-refractivity contribution in [1.82, 2.24) is 9.55 Å². The minimum absolute atomic E-state index is 0.0396. The lowest BCUT2D eigenvalue weighted by molar-refractivity contribution is -0.383. The number of nitrogens with zero attached hydrogens (tertiary/aromatic N) is 2. The Morgan fingerprint density at radius 2 is 1.95 bits per heavy atom. The van der Waals surface area contributed by atoms with Crippen LogP contribution in [0.5, 0.6) is 0 Å². The number of fused-ring (bicyclic) bond motifs is 1. The molecule has 0 bridgehead atoms. The largest absolute Gasteiger partial charge is 0.393 e. The van der Waals surface area contributed by atoms with Gasteiger partial charge in [0.1, 0.15) is 5.69 Å². The highest BCUT2D eigenvalue weighted by Crippen LogP contribution is 2.26.